The molecular formula is C16H30N2O3Si. The number of hydrogen-bond acceptors (Lipinski definition) is 5. The smallest absolute Gasteiger partial charge is 0.397 e. The molecule has 0 radical (unpaired) electrons. The number of hydrogen-bond donors (Lipinski definition) is 2. The summed E-state index contributed by atoms with van der Waals surface area (Å²) in [6.45, 7) is 3.00. The largest absolute Gasteiger partial charge is 0.500 e. The lowest BCUT2D eigenvalue weighted by atomic mass is 10.1. The van der Waals surface area contributed by atoms with Crippen molar-refractivity contribution in [3.63, 3.8) is 0 Å². The number of nitrogens with one attached hydrogen (secondary N) is 1. The molecule has 0 aliphatic heterocycles. The highest BCUT2D eigenvalue weighted by Crippen LogP contribution is 2.24. The van der Waals surface area contributed by atoms with E-state index in [0.29, 0.717) is 0 Å². The van der Waals surface area contributed by atoms with E-state index in [1.54, 1.807) is 21.3 Å². The fraction of sp³-hybridized carbons (Fsp3) is 0.625. The molecule has 0 spiro atoms. The van der Waals surface area contributed by atoms with Gasteiger partial charge in [0, 0.05) is 33.9 Å². The Morgan fingerprint density at radius 3 is 2.36 bits per heavy atom. The van der Waals surface area contributed by atoms with Crippen LogP contribution in [0.3, 0.4) is 0 Å². The fourth-order valence-corrected chi connectivity index (χ4v) is 4.16. The van der Waals surface area contributed by atoms with E-state index in [2.05, 4.69) is 24.4 Å². The zero-order valence-electron chi connectivity index (χ0n) is 14.3. The molecule has 5 nitrogen and oxygen atoms in total. The van der Waals surface area contributed by atoms with Gasteiger partial charge in [0.2, 0.25) is 0 Å². The molecule has 0 heterocycles. The third kappa shape index (κ3) is 5.28. The first kappa shape index (κ1) is 19.0. The molecule has 6 heteroatoms. The Morgan fingerprint density at radius 1 is 1.09 bits per heavy atom. The summed E-state index contributed by atoms with van der Waals surface area (Å²) in [7, 11) is 2.45. The number of anilines is 2. The van der Waals surface area contributed by atoms with E-state index in [0.717, 1.165) is 43.2 Å². The number of unbranched alkanes of at least 4 members (excludes halogenated alkanes) is 1. The van der Waals surface area contributed by atoms with Gasteiger partial charge in [0.05, 0.1) is 11.4 Å². The Kier molecular flexibility index (Phi) is 8.48. The average Bonchev–Trinajstić information content (AvgIpc) is 2.56. The van der Waals surface area contributed by atoms with Gasteiger partial charge in [-0.15, -0.1) is 0 Å². The van der Waals surface area contributed by atoms with E-state index in [9.17, 15) is 0 Å². The number of nitrogens with two attached hydrogens (primary N) is 1. The van der Waals surface area contributed by atoms with Gasteiger partial charge in [0.15, 0.2) is 0 Å². The average molecular weight is 327 g/mol. The molecule has 0 unspecified atom stereocenters. The molecular weight excluding hydrogens is 296 g/mol. The molecule has 0 aliphatic carbocycles. The quantitative estimate of drug-likeness (QED) is 0.371. The summed E-state index contributed by atoms with van der Waals surface area (Å²) < 4.78 is 16.3. The topological polar surface area (TPSA) is 65.7 Å². The van der Waals surface area contributed by atoms with Crippen molar-refractivity contribution in [1.29, 1.82) is 0 Å². The predicted molar refractivity (Wildman–Crippen MR) is 94.2 cm³/mol. The van der Waals surface area contributed by atoms with Gasteiger partial charge in [-0.25, -0.2) is 0 Å². The van der Waals surface area contributed by atoms with Crippen LogP contribution >= 0.6 is 0 Å². The normalized spacial score (nSPS) is 11.6. The molecule has 126 valence electrons. The summed E-state index contributed by atoms with van der Waals surface area (Å²) in [5.74, 6) is 0. The highest BCUT2D eigenvalue weighted by molar-refractivity contribution is 6.60. The van der Waals surface area contributed by atoms with Crippen molar-refractivity contribution in [2.75, 3.05) is 38.9 Å². The first-order chi connectivity index (χ1) is 10.6. The van der Waals surface area contributed by atoms with Crippen LogP contribution in [0.25, 0.3) is 0 Å². The van der Waals surface area contributed by atoms with Gasteiger partial charge < -0.3 is 24.3 Å². The van der Waals surface area contributed by atoms with Crippen molar-refractivity contribution >= 4 is 20.2 Å². The molecule has 0 fully saturated rings. The number of para-hydroxylation sites is 1. The van der Waals surface area contributed by atoms with Crippen LogP contribution in [0.15, 0.2) is 18.2 Å². The molecule has 0 saturated heterocycles. The Balaban J connectivity index is 2.51. The third-order valence-electron chi connectivity index (χ3n) is 3.90. The van der Waals surface area contributed by atoms with Gasteiger partial charge in [-0.3, -0.25) is 0 Å². The van der Waals surface area contributed by atoms with E-state index < -0.39 is 8.80 Å². The number of aryl methyl sites for hydroxylation is 1. The van der Waals surface area contributed by atoms with Crippen molar-refractivity contribution in [1.82, 2.24) is 0 Å². The molecule has 1 rings (SSSR count). The highest BCUT2D eigenvalue weighted by Gasteiger charge is 2.36. The lowest BCUT2D eigenvalue weighted by Gasteiger charge is -2.24. The van der Waals surface area contributed by atoms with E-state index in [-0.39, 0.29) is 0 Å². The maximum atomic E-state index is 6.24. The van der Waals surface area contributed by atoms with Crippen LogP contribution < -0.4 is 11.1 Å². The zero-order valence-corrected chi connectivity index (χ0v) is 15.3. The molecule has 22 heavy (non-hydrogen) atoms. The van der Waals surface area contributed by atoms with Crippen molar-refractivity contribution in [3.05, 3.63) is 23.8 Å². The number of nitrogen functional groups attached to an aromatic ring is 1. The maximum Gasteiger partial charge on any atom is 0.500 e. The third-order valence-corrected chi connectivity index (χ3v) is 6.74. The van der Waals surface area contributed by atoms with Crippen molar-refractivity contribution < 1.29 is 13.3 Å². The zero-order chi connectivity index (χ0) is 16.4. The maximum absolute atomic E-state index is 6.24. The monoisotopic (exact) mass is 326 g/mol. The Morgan fingerprint density at radius 2 is 1.77 bits per heavy atom. The molecule has 0 atom stereocenters. The summed E-state index contributed by atoms with van der Waals surface area (Å²) in [6, 6.07) is 6.97. The van der Waals surface area contributed by atoms with Crippen LogP contribution in [0.1, 0.15) is 31.7 Å². The Labute approximate surface area is 135 Å². The lowest BCUT2D eigenvalue weighted by Crippen LogP contribution is -2.42. The van der Waals surface area contributed by atoms with Gasteiger partial charge in [0.25, 0.3) is 0 Å². The second-order valence-electron chi connectivity index (χ2n) is 5.31. The van der Waals surface area contributed by atoms with Gasteiger partial charge in [-0.1, -0.05) is 25.5 Å². The van der Waals surface area contributed by atoms with Crippen molar-refractivity contribution in [2.24, 2.45) is 0 Å². The molecule has 0 bridgehead atoms. The molecule has 0 saturated carbocycles. The summed E-state index contributed by atoms with van der Waals surface area (Å²) >= 11 is 0. The lowest BCUT2D eigenvalue weighted by molar-refractivity contribution is 0.123. The van der Waals surface area contributed by atoms with Crippen LogP contribution in [0.2, 0.25) is 6.04 Å². The SMILES string of the molecule is CCCCc1cccc(NCCC[Si](OC)(OC)OC)c1N. The second-order valence-corrected chi connectivity index (χ2v) is 8.40. The van der Waals surface area contributed by atoms with Gasteiger partial charge in [-0.05, 0) is 30.9 Å². The van der Waals surface area contributed by atoms with Crippen LogP contribution in [0.5, 0.6) is 0 Å². The fourth-order valence-electron chi connectivity index (χ4n) is 2.44. The second kappa shape index (κ2) is 9.84. The number of benzene rings is 1. The van der Waals surface area contributed by atoms with Crippen LogP contribution in [0, 0.1) is 0 Å². The molecule has 1 aromatic carbocycles. The van der Waals surface area contributed by atoms with Gasteiger partial charge in [0.1, 0.15) is 0 Å². The van der Waals surface area contributed by atoms with Crippen LogP contribution in [0.4, 0.5) is 11.4 Å². The summed E-state index contributed by atoms with van der Waals surface area (Å²) in [5.41, 5.74) is 9.34. The molecule has 0 aliphatic rings. The number of rotatable bonds is 11. The van der Waals surface area contributed by atoms with E-state index >= 15 is 0 Å². The van der Waals surface area contributed by atoms with Gasteiger partial charge >= 0.3 is 8.80 Å². The van der Waals surface area contributed by atoms with Crippen LogP contribution in [-0.2, 0) is 19.7 Å². The summed E-state index contributed by atoms with van der Waals surface area (Å²) in [4.78, 5) is 0. The van der Waals surface area contributed by atoms with Crippen molar-refractivity contribution in [3.8, 4) is 0 Å². The highest BCUT2D eigenvalue weighted by atomic mass is 28.4. The van der Waals surface area contributed by atoms with Gasteiger partial charge in [-0.2, -0.15) is 0 Å². The van der Waals surface area contributed by atoms with E-state index in [1.807, 2.05) is 6.07 Å². The predicted octanol–water partition coefficient (Wildman–Crippen LogP) is 3.29. The van der Waals surface area contributed by atoms with E-state index in [1.165, 1.54) is 12.0 Å². The standard InChI is InChI=1S/C16H30N2O3Si/c1-5-6-9-14-10-7-11-15(16(14)17)18-12-8-13-22(19-2,20-3)21-4/h7,10-11,18H,5-6,8-9,12-13,17H2,1-4H3. The molecule has 0 aromatic heterocycles. The van der Waals surface area contributed by atoms with E-state index in [4.69, 9.17) is 19.0 Å². The Bertz CT molecular complexity index is 431. The summed E-state index contributed by atoms with van der Waals surface area (Å²) in [6.07, 6.45) is 4.28. The molecule has 0 amide bonds. The molecule has 1 aromatic rings. The first-order valence-electron chi connectivity index (χ1n) is 7.89. The minimum atomic E-state index is -2.47. The van der Waals surface area contributed by atoms with Crippen LogP contribution in [-0.4, -0.2) is 36.7 Å². The van der Waals surface area contributed by atoms with Crippen molar-refractivity contribution in [2.45, 2.75) is 38.7 Å². The Hall–Kier alpha value is -1.08. The minimum Gasteiger partial charge on any atom is -0.397 e. The molecule has 3 N–H and O–H groups in total. The minimum absolute atomic E-state index is 0.777. The summed E-state index contributed by atoms with van der Waals surface area (Å²) in [5, 5.41) is 3.41. The first-order valence-corrected chi connectivity index (χ1v) is 9.82.